The predicted octanol–water partition coefficient (Wildman–Crippen LogP) is 6.01. The Labute approximate surface area is 295 Å². The summed E-state index contributed by atoms with van der Waals surface area (Å²) in [5.41, 5.74) is 5.12. The lowest BCUT2D eigenvalue weighted by atomic mass is 9.91. The van der Waals surface area contributed by atoms with Crippen molar-refractivity contribution in [2.45, 2.75) is 62.1 Å². The molecule has 49 heavy (non-hydrogen) atoms. The van der Waals surface area contributed by atoms with Crippen LogP contribution in [0.1, 0.15) is 69.5 Å². The van der Waals surface area contributed by atoms with Crippen LogP contribution < -0.4 is 15.4 Å². The van der Waals surface area contributed by atoms with E-state index in [4.69, 9.17) is 9.47 Å². The third-order valence-corrected chi connectivity index (χ3v) is 10.9. The molecule has 2 amide bonds. The summed E-state index contributed by atoms with van der Waals surface area (Å²) in [5.74, 6) is 2.57. The molecule has 9 rings (SSSR count). The molecular formula is C38H42N2O7S2. The highest BCUT2D eigenvalue weighted by molar-refractivity contribution is 8.13. The van der Waals surface area contributed by atoms with Gasteiger partial charge >= 0.3 is 0 Å². The van der Waals surface area contributed by atoms with E-state index in [-0.39, 0.29) is 29.3 Å². The van der Waals surface area contributed by atoms with Gasteiger partial charge in [0.1, 0.15) is 18.1 Å². The number of fused-ring (bicyclic) bond motifs is 5. The number of nitrogens with one attached hydrogen (secondary N) is 2. The Hall–Kier alpha value is -3.93. The number of hydrogen-bond acceptors (Lipinski definition) is 9. The quantitative estimate of drug-likeness (QED) is 0.290. The summed E-state index contributed by atoms with van der Waals surface area (Å²) in [6.45, 7) is 3.08. The number of aryl methyl sites for hydroxylation is 1. The number of Topliss-reactive ketones (excluding diaryl/α,β-unsaturated/α-hetero) is 3. The van der Waals surface area contributed by atoms with Crippen molar-refractivity contribution in [2.75, 3.05) is 32.1 Å². The third-order valence-electron chi connectivity index (χ3n) is 8.50. The van der Waals surface area contributed by atoms with Gasteiger partial charge < -0.3 is 20.1 Å². The Balaban J connectivity index is 0.000000121. The van der Waals surface area contributed by atoms with E-state index in [0.717, 1.165) is 65.8 Å². The van der Waals surface area contributed by atoms with Gasteiger partial charge in [0.2, 0.25) is 5.91 Å². The number of hydrogen-bond donors (Lipinski definition) is 2. The number of thioether (sulfide) groups is 2. The van der Waals surface area contributed by atoms with Gasteiger partial charge in [0.05, 0.1) is 18.8 Å². The van der Waals surface area contributed by atoms with Crippen molar-refractivity contribution >= 4 is 52.0 Å². The number of rotatable bonds is 0. The molecule has 5 heterocycles. The fourth-order valence-electron chi connectivity index (χ4n) is 5.94. The molecule has 3 aromatic carbocycles. The summed E-state index contributed by atoms with van der Waals surface area (Å²) < 4.78 is 10.3. The highest BCUT2D eigenvalue weighted by atomic mass is 32.2. The minimum atomic E-state index is 0.0897. The van der Waals surface area contributed by atoms with E-state index >= 15 is 0 Å². The summed E-state index contributed by atoms with van der Waals surface area (Å²) in [5, 5.41) is 7.03. The van der Waals surface area contributed by atoms with E-state index in [1.807, 2.05) is 72.4 Å². The van der Waals surface area contributed by atoms with E-state index in [9.17, 15) is 24.0 Å². The topological polar surface area (TPSA) is 128 Å². The molecule has 2 bridgehead atoms. The summed E-state index contributed by atoms with van der Waals surface area (Å²) >= 11 is 3.34. The number of amides is 2. The molecular weight excluding hydrogens is 661 g/mol. The Kier molecular flexibility index (Phi) is 13.9. The van der Waals surface area contributed by atoms with Crippen LogP contribution in [-0.4, -0.2) is 71.1 Å². The van der Waals surface area contributed by atoms with Crippen molar-refractivity contribution in [1.82, 2.24) is 10.6 Å². The van der Waals surface area contributed by atoms with E-state index in [1.165, 1.54) is 35.7 Å². The summed E-state index contributed by atoms with van der Waals surface area (Å²) in [4.78, 5) is 54.4. The molecule has 6 aliphatic rings. The molecule has 0 saturated carbocycles. The molecule has 258 valence electrons. The van der Waals surface area contributed by atoms with E-state index < -0.39 is 0 Å². The van der Waals surface area contributed by atoms with Crippen LogP contribution in [0.15, 0.2) is 72.8 Å². The van der Waals surface area contributed by atoms with Crippen LogP contribution in [-0.2, 0) is 33.8 Å². The smallest absolute Gasteiger partial charge is 0.279 e. The SMILES string of the molecule is O=C1CCOc2ccccc21.O=C1CCc2ccccc2C1.O=C1COCc2ccccc21.O=C1C[C@@H]2CC[C@@H](CN1)S2.O=C1NCCS1. The monoisotopic (exact) mass is 702 g/mol. The van der Waals surface area contributed by atoms with Gasteiger partial charge in [-0.3, -0.25) is 24.0 Å². The van der Waals surface area contributed by atoms with Crippen LogP contribution in [0.3, 0.4) is 0 Å². The molecule has 0 spiro atoms. The van der Waals surface area contributed by atoms with Crippen molar-refractivity contribution in [2.24, 2.45) is 0 Å². The van der Waals surface area contributed by atoms with Crippen LogP contribution in [0.4, 0.5) is 4.79 Å². The number of para-hydroxylation sites is 1. The molecule has 0 aromatic heterocycles. The number of benzene rings is 3. The van der Waals surface area contributed by atoms with Gasteiger partial charge in [0.25, 0.3) is 5.24 Å². The average molecular weight is 703 g/mol. The first-order valence-corrected chi connectivity index (χ1v) is 18.6. The minimum Gasteiger partial charge on any atom is -0.492 e. The van der Waals surface area contributed by atoms with Crippen molar-refractivity contribution < 1.29 is 33.4 Å². The molecule has 1 aliphatic carbocycles. The largest absolute Gasteiger partial charge is 0.492 e. The Morgan fingerprint density at radius 3 is 2.10 bits per heavy atom. The van der Waals surface area contributed by atoms with Crippen molar-refractivity contribution in [3.05, 3.63) is 101 Å². The van der Waals surface area contributed by atoms with Crippen molar-refractivity contribution in [3.8, 4) is 5.75 Å². The molecule has 0 unspecified atom stereocenters. The molecule has 3 saturated heterocycles. The van der Waals surface area contributed by atoms with Crippen LogP contribution in [0.25, 0.3) is 0 Å². The van der Waals surface area contributed by atoms with Gasteiger partial charge in [0.15, 0.2) is 11.6 Å². The van der Waals surface area contributed by atoms with Crippen LogP contribution in [0, 0.1) is 0 Å². The van der Waals surface area contributed by atoms with Gasteiger partial charge in [-0.25, -0.2) is 0 Å². The summed E-state index contributed by atoms with van der Waals surface area (Å²) in [7, 11) is 0. The Morgan fingerprint density at radius 1 is 0.673 bits per heavy atom. The first-order chi connectivity index (χ1) is 23.9. The van der Waals surface area contributed by atoms with E-state index in [0.29, 0.717) is 37.1 Å². The van der Waals surface area contributed by atoms with Gasteiger partial charge in [-0.05, 0) is 48.1 Å². The Morgan fingerprint density at radius 2 is 1.39 bits per heavy atom. The summed E-state index contributed by atoms with van der Waals surface area (Å²) in [6, 6.07) is 23.1. The molecule has 5 aliphatic heterocycles. The number of carbonyl (C=O) groups excluding carboxylic acids is 5. The molecule has 0 radical (unpaired) electrons. The Bertz CT molecular complexity index is 1580. The molecule has 3 aromatic rings. The normalized spacial score (nSPS) is 21.3. The zero-order valence-electron chi connectivity index (χ0n) is 27.4. The van der Waals surface area contributed by atoms with Crippen LogP contribution in [0.5, 0.6) is 5.75 Å². The molecule has 11 heteroatoms. The van der Waals surface area contributed by atoms with Crippen LogP contribution >= 0.6 is 23.5 Å². The second-order valence-electron chi connectivity index (χ2n) is 12.1. The third kappa shape index (κ3) is 11.3. The van der Waals surface area contributed by atoms with Crippen molar-refractivity contribution in [1.29, 1.82) is 0 Å². The fourth-order valence-corrected chi connectivity index (χ4v) is 8.05. The highest BCUT2D eigenvalue weighted by Gasteiger charge is 2.30. The second-order valence-corrected chi connectivity index (χ2v) is 14.8. The summed E-state index contributed by atoms with van der Waals surface area (Å²) in [6.07, 6.45) is 6.14. The molecule has 2 atom stereocenters. The standard InChI is InChI=1S/C10H10O.2C9H8O2.C7H11NOS.C3H5NOS/c11-10-6-5-8-3-1-2-4-9(8)7-10;10-9-6-11-5-7-3-1-2-4-8(7)9;10-8-5-6-11-9-4-2-1-3-7(8)9;9-7-3-5-1-2-6(10-5)4-8-7;5-3-4-1-2-6-3/h1-4H,5-7H2;2*1-4H,5-6H2;5-6H,1-4H2,(H,8,9);1-2H2,(H,4,5)/t;;;5-,6-;/m...0./s1. The minimum absolute atomic E-state index is 0.0897. The first kappa shape index (κ1) is 36.4. The number of ether oxygens (including phenoxy) is 2. The lowest BCUT2D eigenvalue weighted by Gasteiger charge is -2.14. The lowest BCUT2D eigenvalue weighted by molar-refractivity contribution is -0.121. The maximum absolute atomic E-state index is 11.2. The van der Waals surface area contributed by atoms with Gasteiger partial charge in [-0.15, -0.1) is 0 Å². The predicted molar refractivity (Wildman–Crippen MR) is 193 cm³/mol. The van der Waals surface area contributed by atoms with Crippen LogP contribution in [0.2, 0.25) is 0 Å². The van der Waals surface area contributed by atoms with E-state index in [1.54, 1.807) is 6.07 Å². The van der Waals surface area contributed by atoms with Crippen molar-refractivity contribution in [3.63, 3.8) is 0 Å². The molecule has 9 nitrogen and oxygen atoms in total. The zero-order valence-corrected chi connectivity index (χ0v) is 29.1. The number of carbonyl (C=O) groups is 5. The first-order valence-electron chi connectivity index (χ1n) is 16.7. The maximum atomic E-state index is 11.2. The van der Waals surface area contributed by atoms with E-state index in [2.05, 4.69) is 16.7 Å². The van der Waals surface area contributed by atoms with Gasteiger partial charge in [0, 0.05) is 60.6 Å². The maximum Gasteiger partial charge on any atom is 0.279 e. The fraction of sp³-hybridized carbons (Fsp3) is 0.395. The second kappa shape index (κ2) is 18.7. The van der Waals surface area contributed by atoms with Gasteiger partial charge in [-0.2, -0.15) is 11.8 Å². The molecule has 2 N–H and O–H groups in total. The molecule has 3 fully saturated rings. The number of ketones is 3. The zero-order chi connectivity index (χ0) is 34.4. The van der Waals surface area contributed by atoms with Gasteiger partial charge in [-0.1, -0.05) is 72.4 Å². The highest BCUT2D eigenvalue weighted by Crippen LogP contribution is 2.36. The average Bonchev–Trinajstić information content (AvgIpc) is 3.75. The lowest BCUT2D eigenvalue weighted by Crippen LogP contribution is -2.29.